The molecule has 7 heteroatoms. The topological polar surface area (TPSA) is 51.2 Å². The maximum absolute atomic E-state index is 12.2. The molecule has 0 aliphatic heterocycles. The van der Waals surface area contributed by atoms with Gasteiger partial charge in [-0.15, -0.1) is 0 Å². The predicted molar refractivity (Wildman–Crippen MR) is 58.1 cm³/mol. The molecule has 1 aromatic rings. The van der Waals surface area contributed by atoms with Gasteiger partial charge in [-0.3, -0.25) is 9.78 Å². The van der Waals surface area contributed by atoms with Crippen LogP contribution in [0.3, 0.4) is 0 Å². The van der Waals surface area contributed by atoms with Crippen LogP contribution in [0, 0.1) is 0 Å². The molecule has 0 aliphatic carbocycles. The Hall–Kier alpha value is -1.63. The maximum atomic E-state index is 12.2. The molecule has 0 atom stereocenters. The lowest BCUT2D eigenvalue weighted by Crippen LogP contribution is -2.25. The summed E-state index contributed by atoms with van der Waals surface area (Å²) in [4.78, 5) is 14.7. The Kier molecular flexibility index (Phi) is 5.08. The molecular weight excluding hydrogens is 249 g/mol. The maximum Gasteiger partial charge on any atom is 0.433 e. The minimum atomic E-state index is -4.49. The lowest BCUT2D eigenvalue weighted by molar-refractivity contribution is -0.141. The number of carbonyl (C=O) groups is 1. The van der Waals surface area contributed by atoms with E-state index in [1.807, 2.05) is 0 Å². The summed E-state index contributed by atoms with van der Waals surface area (Å²) in [6.07, 6.45) is -2.95. The molecule has 18 heavy (non-hydrogen) atoms. The first kappa shape index (κ1) is 14.4. The Morgan fingerprint density at radius 3 is 2.67 bits per heavy atom. The van der Waals surface area contributed by atoms with Gasteiger partial charge in [-0.2, -0.15) is 13.2 Å². The summed E-state index contributed by atoms with van der Waals surface area (Å²) in [6.45, 7) is 0.902. The molecule has 0 radical (unpaired) electrons. The lowest BCUT2D eigenvalue weighted by atomic mass is 10.2. The average Bonchev–Trinajstić information content (AvgIpc) is 2.33. The van der Waals surface area contributed by atoms with E-state index in [2.05, 4.69) is 10.3 Å². The van der Waals surface area contributed by atoms with Crippen LogP contribution in [0.1, 0.15) is 22.5 Å². The van der Waals surface area contributed by atoms with Crippen LogP contribution in [-0.4, -0.2) is 31.2 Å². The van der Waals surface area contributed by atoms with E-state index in [0.717, 1.165) is 18.3 Å². The number of pyridine rings is 1. The largest absolute Gasteiger partial charge is 0.433 e. The zero-order chi connectivity index (χ0) is 13.6. The number of amides is 1. The summed E-state index contributed by atoms with van der Waals surface area (Å²) in [6, 6.07) is 1.88. The van der Waals surface area contributed by atoms with Crippen molar-refractivity contribution in [1.82, 2.24) is 10.3 Å². The monoisotopic (exact) mass is 262 g/mol. The number of halogens is 3. The van der Waals surface area contributed by atoms with Crippen LogP contribution in [0.15, 0.2) is 18.3 Å². The molecule has 1 aromatic heterocycles. The number of rotatable bonds is 5. The van der Waals surface area contributed by atoms with Crippen LogP contribution in [-0.2, 0) is 10.9 Å². The molecule has 1 N–H and O–H groups in total. The number of alkyl halides is 3. The number of nitrogens with zero attached hydrogens (tertiary/aromatic N) is 1. The zero-order valence-corrected chi connectivity index (χ0v) is 9.75. The summed E-state index contributed by atoms with van der Waals surface area (Å²) in [5, 5.41) is 2.55. The van der Waals surface area contributed by atoms with Gasteiger partial charge in [-0.25, -0.2) is 0 Å². The lowest BCUT2D eigenvalue weighted by Gasteiger charge is -2.07. The minimum Gasteiger partial charge on any atom is -0.385 e. The molecule has 100 valence electrons. The van der Waals surface area contributed by atoms with Gasteiger partial charge in [-0.1, -0.05) is 0 Å². The molecule has 1 heterocycles. The number of nitrogens with one attached hydrogen (secondary N) is 1. The number of ether oxygens (including phenoxy) is 1. The van der Waals surface area contributed by atoms with Gasteiger partial charge >= 0.3 is 6.18 Å². The summed E-state index contributed by atoms with van der Waals surface area (Å²) in [7, 11) is 1.54. The van der Waals surface area contributed by atoms with E-state index in [1.165, 1.54) is 0 Å². The first-order chi connectivity index (χ1) is 8.45. The number of hydrogen-bond acceptors (Lipinski definition) is 3. The first-order valence-electron chi connectivity index (χ1n) is 5.25. The highest BCUT2D eigenvalue weighted by Crippen LogP contribution is 2.27. The van der Waals surface area contributed by atoms with Crippen LogP contribution in [0.25, 0.3) is 0 Å². The van der Waals surface area contributed by atoms with Crippen LogP contribution < -0.4 is 5.32 Å². The molecule has 0 fully saturated rings. The number of hydrogen-bond donors (Lipinski definition) is 1. The van der Waals surface area contributed by atoms with Crippen molar-refractivity contribution in [3.05, 3.63) is 29.6 Å². The summed E-state index contributed by atoms with van der Waals surface area (Å²) < 4.78 is 41.5. The van der Waals surface area contributed by atoms with Crippen molar-refractivity contribution in [2.45, 2.75) is 12.6 Å². The molecule has 0 spiro atoms. The van der Waals surface area contributed by atoms with Crippen molar-refractivity contribution < 1.29 is 22.7 Å². The van der Waals surface area contributed by atoms with Gasteiger partial charge in [0.05, 0.1) is 5.56 Å². The van der Waals surface area contributed by atoms with E-state index in [9.17, 15) is 18.0 Å². The molecule has 0 saturated heterocycles. The van der Waals surface area contributed by atoms with Crippen molar-refractivity contribution in [3.8, 4) is 0 Å². The average molecular weight is 262 g/mol. The van der Waals surface area contributed by atoms with E-state index in [1.54, 1.807) is 7.11 Å². The van der Waals surface area contributed by atoms with Gasteiger partial charge in [0.1, 0.15) is 5.69 Å². The van der Waals surface area contributed by atoms with Gasteiger partial charge in [0.15, 0.2) is 0 Å². The van der Waals surface area contributed by atoms with Gasteiger partial charge in [-0.05, 0) is 18.6 Å². The van der Waals surface area contributed by atoms with E-state index in [4.69, 9.17) is 4.74 Å². The third-order valence-electron chi connectivity index (χ3n) is 2.13. The van der Waals surface area contributed by atoms with Crippen molar-refractivity contribution in [1.29, 1.82) is 0 Å². The molecule has 1 rings (SSSR count). The fourth-order valence-corrected chi connectivity index (χ4v) is 1.22. The van der Waals surface area contributed by atoms with Crippen molar-refractivity contribution in [2.75, 3.05) is 20.3 Å². The highest BCUT2D eigenvalue weighted by atomic mass is 19.4. The quantitative estimate of drug-likeness (QED) is 0.824. The standard InChI is InChI=1S/C11H13F3N2O2/c1-18-6-2-5-15-10(17)8-3-4-9(16-7-8)11(12,13)14/h3-4,7H,2,5-6H2,1H3,(H,15,17). The highest BCUT2D eigenvalue weighted by molar-refractivity contribution is 5.93. The number of carbonyl (C=O) groups excluding carboxylic acids is 1. The Bertz CT molecular complexity index is 390. The molecule has 0 aliphatic rings. The Balaban J connectivity index is 2.54. The van der Waals surface area contributed by atoms with E-state index >= 15 is 0 Å². The van der Waals surface area contributed by atoms with Crippen molar-refractivity contribution >= 4 is 5.91 Å². The van der Waals surface area contributed by atoms with Crippen molar-refractivity contribution in [3.63, 3.8) is 0 Å². The van der Waals surface area contributed by atoms with Crippen LogP contribution in [0.4, 0.5) is 13.2 Å². The second-order valence-electron chi connectivity index (χ2n) is 3.53. The smallest absolute Gasteiger partial charge is 0.385 e. The van der Waals surface area contributed by atoms with Gasteiger partial charge in [0.2, 0.25) is 0 Å². The van der Waals surface area contributed by atoms with Crippen LogP contribution in [0.2, 0.25) is 0 Å². The first-order valence-corrected chi connectivity index (χ1v) is 5.25. The van der Waals surface area contributed by atoms with E-state index in [0.29, 0.717) is 19.6 Å². The Morgan fingerprint density at radius 1 is 1.44 bits per heavy atom. The zero-order valence-electron chi connectivity index (χ0n) is 9.75. The summed E-state index contributed by atoms with van der Waals surface area (Å²) >= 11 is 0. The SMILES string of the molecule is COCCCNC(=O)c1ccc(C(F)(F)F)nc1. The minimum absolute atomic E-state index is 0.0976. The van der Waals surface area contributed by atoms with Crippen LogP contribution >= 0.6 is 0 Å². The van der Waals surface area contributed by atoms with Crippen molar-refractivity contribution in [2.24, 2.45) is 0 Å². The van der Waals surface area contributed by atoms with E-state index in [-0.39, 0.29) is 5.56 Å². The highest BCUT2D eigenvalue weighted by Gasteiger charge is 2.32. The molecule has 0 bridgehead atoms. The molecule has 0 aromatic carbocycles. The Labute approximate surface area is 102 Å². The number of aromatic nitrogens is 1. The molecular formula is C11H13F3N2O2. The molecule has 0 saturated carbocycles. The van der Waals surface area contributed by atoms with Gasteiger partial charge < -0.3 is 10.1 Å². The van der Waals surface area contributed by atoms with Gasteiger partial charge in [0.25, 0.3) is 5.91 Å². The second-order valence-corrected chi connectivity index (χ2v) is 3.53. The third kappa shape index (κ3) is 4.33. The third-order valence-corrected chi connectivity index (χ3v) is 2.13. The molecule has 4 nitrogen and oxygen atoms in total. The summed E-state index contributed by atoms with van der Waals surface area (Å²) in [5.41, 5.74) is -0.918. The Morgan fingerprint density at radius 2 is 2.17 bits per heavy atom. The van der Waals surface area contributed by atoms with E-state index < -0.39 is 17.8 Å². The second kappa shape index (κ2) is 6.34. The van der Waals surface area contributed by atoms with Crippen LogP contribution in [0.5, 0.6) is 0 Å². The van der Waals surface area contributed by atoms with Gasteiger partial charge in [0, 0.05) is 26.5 Å². The predicted octanol–water partition coefficient (Wildman–Crippen LogP) is 1.87. The summed E-state index contributed by atoms with van der Waals surface area (Å²) in [5.74, 6) is -0.452. The fraction of sp³-hybridized carbons (Fsp3) is 0.455. The molecule has 0 unspecified atom stereocenters. The fourth-order valence-electron chi connectivity index (χ4n) is 1.22. The number of methoxy groups -OCH3 is 1. The normalized spacial score (nSPS) is 11.3. The molecule has 1 amide bonds.